The van der Waals surface area contributed by atoms with Crippen LogP contribution in [-0.4, -0.2) is 55.3 Å². The first-order valence-corrected chi connectivity index (χ1v) is 7.31. The average molecular weight is 412 g/mol. The third-order valence-electron chi connectivity index (χ3n) is 2.92. The molecule has 124 valence electrons. The molecule has 1 heterocycles. The maximum Gasteiger partial charge on any atom is 0.410 e. The second-order valence-corrected chi connectivity index (χ2v) is 6.08. The highest BCUT2D eigenvalue weighted by molar-refractivity contribution is 14.0. The maximum atomic E-state index is 11.8. The van der Waals surface area contributed by atoms with E-state index in [1.54, 1.807) is 11.9 Å². The van der Waals surface area contributed by atoms with E-state index in [9.17, 15) is 4.79 Å². The molecule has 0 aromatic carbocycles. The predicted octanol–water partition coefficient (Wildman–Crippen LogP) is 2.19. The number of hydrogen-bond donors (Lipinski definition) is 2. The van der Waals surface area contributed by atoms with Gasteiger partial charge in [0.15, 0.2) is 5.96 Å². The molecule has 1 amide bonds. The summed E-state index contributed by atoms with van der Waals surface area (Å²) in [6.45, 7) is 10.0. The van der Waals surface area contributed by atoms with Crippen LogP contribution in [0.25, 0.3) is 0 Å². The van der Waals surface area contributed by atoms with Crippen LogP contribution in [0.15, 0.2) is 4.99 Å². The van der Waals surface area contributed by atoms with Gasteiger partial charge in [-0.2, -0.15) is 0 Å². The van der Waals surface area contributed by atoms with Crippen LogP contribution >= 0.6 is 24.0 Å². The van der Waals surface area contributed by atoms with E-state index >= 15 is 0 Å². The minimum atomic E-state index is -0.437. The van der Waals surface area contributed by atoms with E-state index in [4.69, 9.17) is 4.74 Å². The summed E-state index contributed by atoms with van der Waals surface area (Å²) in [4.78, 5) is 17.7. The maximum absolute atomic E-state index is 11.8. The number of hydrogen-bond acceptors (Lipinski definition) is 3. The van der Waals surface area contributed by atoms with Gasteiger partial charge >= 0.3 is 6.09 Å². The van der Waals surface area contributed by atoms with Gasteiger partial charge in [-0.25, -0.2) is 4.79 Å². The number of rotatable bonds is 4. The molecule has 0 spiro atoms. The average Bonchev–Trinajstić information content (AvgIpc) is 2.28. The number of guanidine groups is 1. The number of amides is 1. The molecule has 0 radical (unpaired) electrons. The number of unbranched alkanes of at least 4 members (excludes halogenated alkanes) is 1. The molecule has 1 saturated heterocycles. The molecule has 1 rings (SSSR count). The molecular weight excluding hydrogens is 383 g/mol. The third-order valence-corrected chi connectivity index (χ3v) is 2.92. The van der Waals surface area contributed by atoms with Gasteiger partial charge in [0.2, 0.25) is 0 Å². The van der Waals surface area contributed by atoms with E-state index in [1.165, 1.54) is 0 Å². The summed E-state index contributed by atoms with van der Waals surface area (Å²) in [5.74, 6) is 0.798. The highest BCUT2D eigenvalue weighted by atomic mass is 127. The smallest absolute Gasteiger partial charge is 0.410 e. The Bertz CT molecular complexity index is 349. The van der Waals surface area contributed by atoms with Crippen LogP contribution in [0.2, 0.25) is 0 Å². The number of nitrogens with zero attached hydrogens (tertiary/aromatic N) is 2. The topological polar surface area (TPSA) is 66.0 Å². The molecule has 1 aliphatic heterocycles. The summed E-state index contributed by atoms with van der Waals surface area (Å²) >= 11 is 0. The lowest BCUT2D eigenvalue weighted by Gasteiger charge is -2.40. The van der Waals surface area contributed by atoms with Crippen LogP contribution < -0.4 is 10.6 Å². The molecule has 21 heavy (non-hydrogen) atoms. The Morgan fingerprint density at radius 2 is 2.00 bits per heavy atom. The zero-order chi connectivity index (χ0) is 15.2. The minimum absolute atomic E-state index is 0. The molecule has 0 unspecified atom stereocenters. The lowest BCUT2D eigenvalue weighted by atomic mass is 10.1. The first kappa shape index (κ1) is 20.3. The highest BCUT2D eigenvalue weighted by Crippen LogP contribution is 2.15. The van der Waals surface area contributed by atoms with Crippen LogP contribution in [-0.2, 0) is 4.74 Å². The predicted molar refractivity (Wildman–Crippen MR) is 96.4 cm³/mol. The van der Waals surface area contributed by atoms with Crippen molar-refractivity contribution in [2.45, 2.75) is 52.2 Å². The monoisotopic (exact) mass is 412 g/mol. The molecular formula is C14H29IN4O2. The van der Waals surface area contributed by atoms with Crippen molar-refractivity contribution in [1.82, 2.24) is 15.5 Å². The Hall–Kier alpha value is -0.730. The van der Waals surface area contributed by atoms with Crippen LogP contribution in [0.1, 0.15) is 40.5 Å². The van der Waals surface area contributed by atoms with E-state index in [1.807, 2.05) is 20.8 Å². The fourth-order valence-electron chi connectivity index (χ4n) is 1.82. The quantitative estimate of drug-likeness (QED) is 0.322. The molecule has 7 heteroatoms. The first-order chi connectivity index (χ1) is 9.35. The number of halogens is 1. The molecule has 0 aromatic heterocycles. The second kappa shape index (κ2) is 9.32. The Kier molecular flexibility index (Phi) is 9.00. The van der Waals surface area contributed by atoms with E-state index in [0.717, 1.165) is 25.3 Å². The molecule has 1 aliphatic rings. The SMILES string of the molecule is CCCCNC(=NC)NC1CN(C(=O)OC(C)(C)C)C1.I. The zero-order valence-corrected chi connectivity index (χ0v) is 16.1. The number of carbonyl (C=O) groups excluding carboxylic acids is 1. The number of likely N-dealkylation sites (tertiary alicyclic amines) is 1. The van der Waals surface area contributed by atoms with Crippen molar-refractivity contribution in [3.63, 3.8) is 0 Å². The van der Waals surface area contributed by atoms with E-state index in [0.29, 0.717) is 13.1 Å². The van der Waals surface area contributed by atoms with Crippen LogP contribution in [0.5, 0.6) is 0 Å². The first-order valence-electron chi connectivity index (χ1n) is 7.31. The largest absolute Gasteiger partial charge is 0.444 e. The standard InChI is InChI=1S/C14H28N4O2.HI/c1-6-7-8-16-12(15-5)17-11-9-18(10-11)13(19)20-14(2,3)4;/h11H,6-10H2,1-5H3,(H2,15,16,17);1H. The van der Waals surface area contributed by atoms with Crippen molar-refractivity contribution < 1.29 is 9.53 Å². The van der Waals surface area contributed by atoms with Gasteiger partial charge in [-0.05, 0) is 27.2 Å². The van der Waals surface area contributed by atoms with E-state index in [-0.39, 0.29) is 36.1 Å². The summed E-state index contributed by atoms with van der Waals surface area (Å²) in [5, 5.41) is 6.56. The van der Waals surface area contributed by atoms with Crippen molar-refractivity contribution in [3.8, 4) is 0 Å². The van der Waals surface area contributed by atoms with Gasteiger partial charge in [0.05, 0.1) is 6.04 Å². The van der Waals surface area contributed by atoms with Gasteiger partial charge in [0.1, 0.15) is 5.60 Å². The molecule has 0 aromatic rings. The lowest BCUT2D eigenvalue weighted by molar-refractivity contribution is 0.00701. The summed E-state index contributed by atoms with van der Waals surface area (Å²) in [6.07, 6.45) is 2.03. The zero-order valence-electron chi connectivity index (χ0n) is 13.7. The number of aliphatic imine (C=N–C) groups is 1. The lowest BCUT2D eigenvalue weighted by Crippen LogP contribution is -2.63. The summed E-state index contributed by atoms with van der Waals surface area (Å²) in [5.41, 5.74) is -0.437. The molecule has 0 saturated carbocycles. The number of nitrogens with one attached hydrogen (secondary N) is 2. The van der Waals surface area contributed by atoms with Gasteiger partial charge in [-0.1, -0.05) is 13.3 Å². The van der Waals surface area contributed by atoms with Gasteiger partial charge in [-0.3, -0.25) is 4.99 Å². The van der Waals surface area contributed by atoms with Gasteiger partial charge in [0.25, 0.3) is 0 Å². The van der Waals surface area contributed by atoms with Gasteiger partial charge in [0, 0.05) is 26.7 Å². The van der Waals surface area contributed by atoms with Gasteiger partial charge < -0.3 is 20.3 Å². The summed E-state index contributed by atoms with van der Waals surface area (Å²) in [6, 6.07) is 0.246. The van der Waals surface area contributed by atoms with Crippen molar-refractivity contribution in [1.29, 1.82) is 0 Å². The molecule has 1 fully saturated rings. The fraction of sp³-hybridized carbons (Fsp3) is 0.857. The number of ether oxygens (including phenoxy) is 1. The Balaban J connectivity index is 0.00000400. The van der Waals surface area contributed by atoms with Crippen LogP contribution in [0.4, 0.5) is 4.79 Å². The Labute approximate surface area is 145 Å². The normalized spacial score (nSPS) is 15.9. The second-order valence-electron chi connectivity index (χ2n) is 6.08. The Morgan fingerprint density at radius 3 is 2.48 bits per heavy atom. The fourth-order valence-corrected chi connectivity index (χ4v) is 1.82. The minimum Gasteiger partial charge on any atom is -0.444 e. The summed E-state index contributed by atoms with van der Waals surface area (Å²) < 4.78 is 5.31. The van der Waals surface area contributed by atoms with Crippen LogP contribution in [0.3, 0.4) is 0 Å². The number of carbonyl (C=O) groups is 1. The van der Waals surface area contributed by atoms with Crippen molar-refractivity contribution in [3.05, 3.63) is 0 Å². The van der Waals surface area contributed by atoms with Crippen molar-refractivity contribution in [2.24, 2.45) is 4.99 Å². The molecule has 0 atom stereocenters. The Morgan fingerprint density at radius 1 is 1.38 bits per heavy atom. The van der Waals surface area contributed by atoms with Crippen molar-refractivity contribution in [2.75, 3.05) is 26.7 Å². The van der Waals surface area contributed by atoms with Crippen molar-refractivity contribution >= 4 is 36.0 Å². The highest BCUT2D eigenvalue weighted by Gasteiger charge is 2.34. The molecule has 6 nitrogen and oxygen atoms in total. The molecule has 0 bridgehead atoms. The molecule has 0 aliphatic carbocycles. The molecule has 2 N–H and O–H groups in total. The van der Waals surface area contributed by atoms with Crippen LogP contribution in [0, 0.1) is 0 Å². The van der Waals surface area contributed by atoms with Gasteiger partial charge in [-0.15, -0.1) is 24.0 Å². The summed E-state index contributed by atoms with van der Waals surface area (Å²) in [7, 11) is 1.76. The third kappa shape index (κ3) is 7.73. The van der Waals surface area contributed by atoms with E-state index in [2.05, 4.69) is 22.5 Å². The van der Waals surface area contributed by atoms with E-state index < -0.39 is 5.60 Å².